The Hall–Kier alpha value is -0.920. The number of aromatic nitrogens is 2. The second kappa shape index (κ2) is 10.2. The van der Waals surface area contributed by atoms with Gasteiger partial charge in [0.25, 0.3) is 5.56 Å². The van der Waals surface area contributed by atoms with Crippen LogP contribution < -0.4 is 11.2 Å². The zero-order chi connectivity index (χ0) is 26.3. The van der Waals surface area contributed by atoms with Crippen molar-refractivity contribution < 1.29 is 60.6 Å². The number of aliphatic hydroxyl groups excluding tert-OH is 1. The Balaban J connectivity index is 2.36. The highest BCUT2D eigenvalue weighted by Crippen LogP contribution is 2.66. The maximum atomic E-state index is 13.7. The summed E-state index contributed by atoms with van der Waals surface area (Å²) in [6, 6.07) is 0. The van der Waals surface area contributed by atoms with E-state index in [4.69, 9.17) is 37.7 Å². The van der Waals surface area contributed by atoms with Crippen molar-refractivity contribution in [1.82, 2.24) is 9.55 Å². The number of nitrogens with one attached hydrogen (secondary N) is 1. The number of hydrogen-bond acceptors (Lipinski definition) is 10. The maximum absolute atomic E-state index is 13.7. The predicted molar refractivity (Wildman–Crippen MR) is 108 cm³/mol. The van der Waals surface area contributed by atoms with Crippen LogP contribution in [0.2, 0.25) is 0 Å². The highest BCUT2D eigenvalue weighted by Gasteiger charge is 2.58. The van der Waals surface area contributed by atoms with Crippen LogP contribution in [0.15, 0.2) is 15.8 Å². The van der Waals surface area contributed by atoms with Gasteiger partial charge in [0.1, 0.15) is 12.2 Å². The summed E-state index contributed by atoms with van der Waals surface area (Å²) in [7, 11) is -17.1. The van der Waals surface area contributed by atoms with Crippen molar-refractivity contribution in [1.29, 1.82) is 0 Å². The van der Waals surface area contributed by atoms with Crippen molar-refractivity contribution in [2.24, 2.45) is 0 Å². The normalized spacial score (nSPS) is 29.5. The highest BCUT2D eigenvalue weighted by atomic mass is 35.5. The van der Waals surface area contributed by atoms with Gasteiger partial charge in [-0.15, -0.1) is 0 Å². The first-order valence-electron chi connectivity index (χ1n) is 8.30. The zero-order valence-corrected chi connectivity index (χ0v) is 20.4. The summed E-state index contributed by atoms with van der Waals surface area (Å²) >= 11 is 11.6. The quantitative estimate of drug-likeness (QED) is 0.130. The number of phosphoric acid groups is 3. The number of halogens is 3. The van der Waals surface area contributed by atoms with Crippen LogP contribution in [0.25, 0.3) is 0 Å². The van der Waals surface area contributed by atoms with Gasteiger partial charge in [-0.1, -0.05) is 17.5 Å². The highest BCUT2D eigenvalue weighted by molar-refractivity contribution is 7.66. The number of aliphatic hydroxyl groups is 1. The van der Waals surface area contributed by atoms with Gasteiger partial charge in [-0.2, -0.15) is 13.0 Å². The van der Waals surface area contributed by atoms with Gasteiger partial charge >= 0.3 is 29.2 Å². The molecule has 1 fully saturated rings. The summed E-state index contributed by atoms with van der Waals surface area (Å²) in [5.74, 6) is 0.656. The molecule has 2 heterocycles. The molecule has 22 heteroatoms. The molecule has 1 aromatic rings. The number of rotatable bonds is 8. The van der Waals surface area contributed by atoms with Gasteiger partial charge in [0, 0.05) is 5.38 Å². The van der Waals surface area contributed by atoms with E-state index in [-0.39, 0.29) is 0 Å². The van der Waals surface area contributed by atoms with Crippen molar-refractivity contribution in [2.75, 3.05) is 0 Å². The number of aromatic amines is 1. The standard InChI is InChI=1S/C12H14Cl2FN2O14P3/c1-5(29-33(24,25)31-34(26,27)30-32(21,22)23)7-8(18)12(14,2-3-13)10(28-7)17-4-6(15)9(19)16-11(17)20/h4-5,7-8,10,18H,1H3,(H,24,25)(H,26,27)(H,16,19,20)(H2,21,22,23)/t5-,7+,8-,10+,12?/m0/s1. The van der Waals surface area contributed by atoms with Crippen LogP contribution >= 0.6 is 46.7 Å². The molecule has 34 heavy (non-hydrogen) atoms. The van der Waals surface area contributed by atoms with E-state index < -0.39 is 69.9 Å². The number of H-pyrrole nitrogens is 1. The average molecular weight is 593 g/mol. The third kappa shape index (κ3) is 6.85. The fraction of sp³-hybridized carbons (Fsp3) is 0.500. The Bertz CT molecular complexity index is 1270. The van der Waals surface area contributed by atoms with Crippen LogP contribution in [-0.4, -0.2) is 57.4 Å². The second-order valence-corrected chi connectivity index (χ2v) is 11.6. The Labute approximate surface area is 197 Å². The molecule has 1 aliphatic heterocycles. The molecule has 0 spiro atoms. The minimum Gasteiger partial charge on any atom is -0.387 e. The van der Waals surface area contributed by atoms with Crippen molar-refractivity contribution in [3.05, 3.63) is 32.9 Å². The first-order chi connectivity index (χ1) is 15.3. The first-order valence-corrected chi connectivity index (χ1v) is 13.6. The second-order valence-electron chi connectivity index (χ2n) is 6.43. The number of hydrogen-bond donors (Lipinski definition) is 6. The minimum absolute atomic E-state index is 0.376. The van der Waals surface area contributed by atoms with Crippen molar-refractivity contribution in [3.63, 3.8) is 0 Å². The number of alkyl halides is 1. The number of phosphoric ester groups is 1. The molecule has 16 nitrogen and oxygen atoms in total. The summed E-state index contributed by atoms with van der Waals surface area (Å²) in [6.07, 6.45) is -7.13. The van der Waals surface area contributed by atoms with Crippen LogP contribution in [0, 0.1) is 17.1 Å². The SMILES string of the molecule is C[C@H](OP(=O)(O)OP(=O)(O)OP(=O)(O)O)[C@H]1O[C@@H](n2cc(F)c(=O)[nH]c2=O)C(Cl)(C#CCl)[C@H]1O. The molecule has 0 saturated carbocycles. The lowest BCUT2D eigenvalue weighted by atomic mass is 9.97. The molecular weight excluding hydrogens is 579 g/mol. The molecule has 0 bridgehead atoms. The summed E-state index contributed by atoms with van der Waals surface area (Å²) in [6.45, 7) is 0.941. The van der Waals surface area contributed by atoms with E-state index in [0.717, 1.165) is 6.92 Å². The van der Waals surface area contributed by atoms with E-state index in [1.54, 1.807) is 4.98 Å². The fourth-order valence-corrected chi connectivity index (χ4v) is 6.49. The predicted octanol–water partition coefficient (Wildman–Crippen LogP) is -0.157. The molecule has 0 aliphatic carbocycles. The molecule has 1 aliphatic rings. The molecule has 0 radical (unpaired) electrons. The molecule has 0 aromatic carbocycles. The van der Waals surface area contributed by atoms with E-state index in [2.05, 4.69) is 19.1 Å². The summed E-state index contributed by atoms with van der Waals surface area (Å²) < 4.78 is 65.4. The molecule has 3 unspecified atom stereocenters. The number of nitrogens with zero attached hydrogens (tertiary/aromatic N) is 1. The summed E-state index contributed by atoms with van der Waals surface area (Å²) in [5.41, 5.74) is -2.65. The first kappa shape index (κ1) is 29.3. The molecule has 7 atom stereocenters. The summed E-state index contributed by atoms with van der Waals surface area (Å²) in [4.78, 5) is 58.6. The molecule has 2 rings (SSSR count). The van der Waals surface area contributed by atoms with Crippen molar-refractivity contribution >= 4 is 46.7 Å². The van der Waals surface area contributed by atoms with Gasteiger partial charge in [0.15, 0.2) is 11.1 Å². The zero-order valence-electron chi connectivity index (χ0n) is 16.2. The smallest absolute Gasteiger partial charge is 0.387 e. The van der Waals surface area contributed by atoms with E-state index in [9.17, 15) is 42.6 Å². The maximum Gasteiger partial charge on any atom is 0.490 e. The van der Waals surface area contributed by atoms with Crippen LogP contribution in [0.4, 0.5) is 4.39 Å². The monoisotopic (exact) mass is 592 g/mol. The topological polar surface area (TPSA) is 244 Å². The van der Waals surface area contributed by atoms with Crippen LogP contribution in [0.3, 0.4) is 0 Å². The van der Waals surface area contributed by atoms with Gasteiger partial charge in [-0.05, 0) is 18.5 Å². The molecule has 6 N–H and O–H groups in total. The molecule has 0 amide bonds. The summed E-state index contributed by atoms with van der Waals surface area (Å²) in [5, 5.41) is 12.4. The molecule has 1 saturated heterocycles. The molecule has 192 valence electrons. The van der Waals surface area contributed by atoms with Crippen LogP contribution in [0.1, 0.15) is 13.2 Å². The van der Waals surface area contributed by atoms with Crippen LogP contribution in [-0.2, 0) is 31.6 Å². The van der Waals surface area contributed by atoms with Crippen LogP contribution in [0.5, 0.6) is 0 Å². The van der Waals surface area contributed by atoms with Crippen molar-refractivity contribution in [2.45, 2.75) is 36.3 Å². The van der Waals surface area contributed by atoms with E-state index in [1.807, 2.05) is 5.38 Å². The lowest BCUT2D eigenvalue weighted by Crippen LogP contribution is -2.45. The van der Waals surface area contributed by atoms with Gasteiger partial charge < -0.3 is 29.4 Å². The molecular formula is C12H14Cl2FN2O14P3. The van der Waals surface area contributed by atoms with Gasteiger partial charge in [-0.25, -0.2) is 18.5 Å². The van der Waals surface area contributed by atoms with Gasteiger partial charge in [-0.3, -0.25) is 18.9 Å². The third-order valence-electron chi connectivity index (χ3n) is 3.98. The Morgan fingerprint density at radius 3 is 2.35 bits per heavy atom. The Kier molecular flexibility index (Phi) is 8.81. The van der Waals surface area contributed by atoms with E-state index in [1.165, 1.54) is 0 Å². The van der Waals surface area contributed by atoms with Gasteiger partial charge in [0.05, 0.1) is 12.3 Å². The van der Waals surface area contributed by atoms with Crippen molar-refractivity contribution in [3.8, 4) is 11.3 Å². The van der Waals surface area contributed by atoms with Gasteiger partial charge in [0.2, 0.25) is 5.82 Å². The Morgan fingerprint density at radius 1 is 1.24 bits per heavy atom. The fourth-order valence-electron chi connectivity index (χ4n) is 2.75. The third-order valence-corrected chi connectivity index (χ3v) is 8.51. The number of ether oxygens (including phenoxy) is 1. The van der Waals surface area contributed by atoms with E-state index >= 15 is 0 Å². The lowest BCUT2D eigenvalue weighted by molar-refractivity contribution is -0.0751. The minimum atomic E-state index is -5.84. The largest absolute Gasteiger partial charge is 0.490 e. The Morgan fingerprint density at radius 2 is 1.82 bits per heavy atom. The molecule has 1 aromatic heterocycles. The van der Waals surface area contributed by atoms with E-state index in [0.29, 0.717) is 10.8 Å². The average Bonchev–Trinajstić information content (AvgIpc) is 2.86. The lowest BCUT2D eigenvalue weighted by Gasteiger charge is -2.26.